The van der Waals surface area contributed by atoms with E-state index in [1.54, 1.807) is 6.07 Å². The first-order chi connectivity index (χ1) is 9.67. The third-order valence-corrected chi connectivity index (χ3v) is 2.55. The first kappa shape index (κ1) is 13.3. The maximum absolute atomic E-state index is 13.2. The van der Waals surface area contributed by atoms with Crippen LogP contribution in [0.4, 0.5) is 4.39 Å². The number of hydrogen-bond donors (Lipinski definition) is 0. The quantitative estimate of drug-likeness (QED) is 0.799. The molecule has 0 saturated carbocycles. The van der Waals surface area contributed by atoms with Gasteiger partial charge in [-0.15, -0.1) is 0 Å². The van der Waals surface area contributed by atoms with E-state index in [2.05, 4.69) is 0 Å². The fourth-order valence-electron chi connectivity index (χ4n) is 1.58. The van der Waals surface area contributed by atoms with Crippen LogP contribution in [0.1, 0.15) is 21.5 Å². The van der Waals surface area contributed by atoms with Crippen molar-refractivity contribution in [2.24, 2.45) is 0 Å². The normalized spacial score (nSPS) is 9.35. The smallest absolute Gasteiger partial charge is 0.150 e. The number of benzene rings is 2. The molecule has 4 nitrogen and oxygen atoms in total. The third kappa shape index (κ3) is 2.63. The average Bonchev–Trinajstić information content (AvgIpc) is 2.49. The number of nitrogens with zero attached hydrogens (tertiary/aromatic N) is 2. The van der Waals surface area contributed by atoms with Crippen molar-refractivity contribution in [3.05, 3.63) is 58.9 Å². The van der Waals surface area contributed by atoms with E-state index in [0.29, 0.717) is 11.8 Å². The molecule has 0 atom stereocenters. The second-order valence-electron chi connectivity index (χ2n) is 3.84. The molecule has 96 valence electrons. The summed E-state index contributed by atoms with van der Waals surface area (Å²) in [7, 11) is 0. The van der Waals surface area contributed by atoms with Gasteiger partial charge in [0.05, 0.1) is 11.1 Å². The third-order valence-electron chi connectivity index (χ3n) is 2.55. The number of nitriles is 2. The van der Waals surface area contributed by atoms with Crippen molar-refractivity contribution in [3.63, 3.8) is 0 Å². The highest BCUT2D eigenvalue weighted by molar-refractivity contribution is 5.76. The number of hydrogen-bond acceptors (Lipinski definition) is 4. The number of ether oxygens (including phenoxy) is 1. The lowest BCUT2D eigenvalue weighted by Gasteiger charge is -2.08. The van der Waals surface area contributed by atoms with E-state index in [1.165, 1.54) is 30.3 Å². The Morgan fingerprint density at radius 1 is 1.05 bits per heavy atom. The van der Waals surface area contributed by atoms with Crippen molar-refractivity contribution < 1.29 is 13.9 Å². The SMILES string of the molecule is N#Cc1cc(Oc2ccc(C=O)cc2C#N)ccc1F. The monoisotopic (exact) mass is 266 g/mol. The maximum atomic E-state index is 13.2. The summed E-state index contributed by atoms with van der Waals surface area (Å²) in [5.74, 6) is -0.177. The molecule has 2 aromatic rings. The highest BCUT2D eigenvalue weighted by Gasteiger charge is 2.08. The van der Waals surface area contributed by atoms with Crippen molar-refractivity contribution in [2.45, 2.75) is 0 Å². The Morgan fingerprint density at radius 3 is 2.45 bits per heavy atom. The fraction of sp³-hybridized carbons (Fsp3) is 0. The molecule has 0 aliphatic rings. The summed E-state index contributed by atoms with van der Waals surface area (Å²) in [6, 6.07) is 11.7. The van der Waals surface area contributed by atoms with Crippen molar-refractivity contribution in [2.75, 3.05) is 0 Å². The van der Waals surface area contributed by atoms with E-state index in [-0.39, 0.29) is 22.6 Å². The molecule has 0 N–H and O–H groups in total. The molecule has 0 bridgehead atoms. The van der Waals surface area contributed by atoms with E-state index in [4.69, 9.17) is 15.3 Å². The summed E-state index contributed by atoms with van der Waals surface area (Å²) in [6.07, 6.45) is 0.621. The van der Waals surface area contributed by atoms with Gasteiger partial charge in [-0.25, -0.2) is 4.39 Å². The van der Waals surface area contributed by atoms with E-state index >= 15 is 0 Å². The zero-order valence-electron chi connectivity index (χ0n) is 10.1. The maximum Gasteiger partial charge on any atom is 0.150 e. The van der Waals surface area contributed by atoms with Crippen molar-refractivity contribution >= 4 is 6.29 Å². The molecule has 0 radical (unpaired) electrons. The average molecular weight is 266 g/mol. The van der Waals surface area contributed by atoms with Crippen LogP contribution in [-0.4, -0.2) is 6.29 Å². The minimum Gasteiger partial charge on any atom is -0.456 e. The predicted octanol–water partition coefficient (Wildman–Crippen LogP) is 3.17. The van der Waals surface area contributed by atoms with Crippen molar-refractivity contribution in [3.8, 4) is 23.6 Å². The van der Waals surface area contributed by atoms with Gasteiger partial charge in [0.15, 0.2) is 0 Å². The molecule has 0 unspecified atom stereocenters. The Bertz CT molecular complexity index is 757. The number of aldehydes is 1. The van der Waals surface area contributed by atoms with Crippen LogP contribution in [0.3, 0.4) is 0 Å². The van der Waals surface area contributed by atoms with Gasteiger partial charge in [0.2, 0.25) is 0 Å². The van der Waals surface area contributed by atoms with Crippen molar-refractivity contribution in [1.29, 1.82) is 10.5 Å². The highest BCUT2D eigenvalue weighted by Crippen LogP contribution is 2.26. The number of halogens is 1. The largest absolute Gasteiger partial charge is 0.456 e. The molecule has 0 aromatic heterocycles. The number of carbonyl (C=O) groups excluding carboxylic acids is 1. The molecule has 0 heterocycles. The number of carbonyl (C=O) groups is 1. The topological polar surface area (TPSA) is 73.9 Å². The molecule has 5 heteroatoms. The standard InChI is InChI=1S/C15H7FN2O2/c16-14-3-2-13(6-11(14)7-17)20-15-4-1-10(9-19)5-12(15)8-18/h1-6,9H. The van der Waals surface area contributed by atoms with Crippen LogP contribution in [0.5, 0.6) is 11.5 Å². The molecule has 0 aliphatic heterocycles. The Hall–Kier alpha value is -3.18. The van der Waals surface area contributed by atoms with Gasteiger partial charge < -0.3 is 4.74 Å². The van der Waals surface area contributed by atoms with Gasteiger partial charge >= 0.3 is 0 Å². The summed E-state index contributed by atoms with van der Waals surface area (Å²) in [5.41, 5.74) is 0.383. The van der Waals surface area contributed by atoms with Crippen molar-refractivity contribution in [1.82, 2.24) is 0 Å². The molecule has 0 amide bonds. The molecule has 0 aliphatic carbocycles. The molecule has 0 saturated heterocycles. The van der Waals surface area contributed by atoms with Crippen LogP contribution >= 0.6 is 0 Å². The molecular weight excluding hydrogens is 259 g/mol. The Kier molecular flexibility index (Phi) is 3.74. The first-order valence-corrected chi connectivity index (χ1v) is 5.54. The van der Waals surface area contributed by atoms with Crippen LogP contribution in [0.2, 0.25) is 0 Å². The lowest BCUT2D eigenvalue weighted by Crippen LogP contribution is -1.92. The lowest BCUT2D eigenvalue weighted by molar-refractivity contribution is 0.112. The summed E-state index contributed by atoms with van der Waals surface area (Å²) in [6.45, 7) is 0. The molecule has 2 aromatic carbocycles. The summed E-state index contributed by atoms with van der Waals surface area (Å²) < 4.78 is 18.6. The van der Waals surface area contributed by atoms with Crippen LogP contribution in [-0.2, 0) is 0 Å². The second kappa shape index (κ2) is 5.64. The van der Waals surface area contributed by atoms with Gasteiger partial charge in [0.25, 0.3) is 0 Å². The van der Waals surface area contributed by atoms with Gasteiger partial charge in [0, 0.05) is 11.6 Å². The summed E-state index contributed by atoms with van der Waals surface area (Å²) in [5, 5.41) is 17.7. The molecular formula is C15H7FN2O2. The predicted molar refractivity (Wildman–Crippen MR) is 67.7 cm³/mol. The van der Waals surface area contributed by atoms with Gasteiger partial charge in [0.1, 0.15) is 35.7 Å². The lowest BCUT2D eigenvalue weighted by atomic mass is 10.1. The minimum atomic E-state index is -0.642. The van der Waals surface area contributed by atoms with Gasteiger partial charge in [-0.2, -0.15) is 10.5 Å². The van der Waals surface area contributed by atoms with E-state index in [0.717, 1.165) is 6.07 Å². The van der Waals surface area contributed by atoms with Crippen LogP contribution in [0.25, 0.3) is 0 Å². The van der Waals surface area contributed by atoms with E-state index < -0.39 is 5.82 Å². The summed E-state index contributed by atoms with van der Waals surface area (Å²) >= 11 is 0. The zero-order valence-corrected chi connectivity index (χ0v) is 10.1. The molecule has 0 spiro atoms. The number of rotatable bonds is 3. The highest BCUT2D eigenvalue weighted by atomic mass is 19.1. The first-order valence-electron chi connectivity index (χ1n) is 5.54. The van der Waals surface area contributed by atoms with Gasteiger partial charge in [-0.05, 0) is 30.3 Å². The molecule has 2 rings (SSSR count). The summed E-state index contributed by atoms with van der Waals surface area (Å²) in [4.78, 5) is 10.6. The zero-order chi connectivity index (χ0) is 14.5. The fourth-order valence-corrected chi connectivity index (χ4v) is 1.58. The second-order valence-corrected chi connectivity index (χ2v) is 3.84. The van der Waals surface area contributed by atoms with Crippen LogP contribution in [0, 0.1) is 28.5 Å². The Labute approximate surface area is 114 Å². The van der Waals surface area contributed by atoms with Gasteiger partial charge in [-0.3, -0.25) is 4.79 Å². The minimum absolute atomic E-state index is 0.148. The molecule has 20 heavy (non-hydrogen) atoms. The van der Waals surface area contributed by atoms with Crippen LogP contribution < -0.4 is 4.74 Å². The van der Waals surface area contributed by atoms with Crippen LogP contribution in [0.15, 0.2) is 36.4 Å². The van der Waals surface area contributed by atoms with Gasteiger partial charge in [-0.1, -0.05) is 0 Å². The Morgan fingerprint density at radius 2 is 1.80 bits per heavy atom. The van der Waals surface area contributed by atoms with E-state index in [9.17, 15) is 9.18 Å². The Balaban J connectivity index is 2.38. The van der Waals surface area contributed by atoms with E-state index in [1.807, 2.05) is 6.07 Å². The molecule has 0 fully saturated rings.